The lowest BCUT2D eigenvalue weighted by atomic mass is 10.3. The zero-order valence-electron chi connectivity index (χ0n) is 8.45. The number of aliphatic hydroxyl groups is 1. The predicted octanol–water partition coefficient (Wildman–Crippen LogP) is 0.0615. The van der Waals surface area contributed by atoms with Crippen LogP contribution in [0.15, 0.2) is 18.2 Å². The third kappa shape index (κ3) is 4.25. The Morgan fingerprint density at radius 3 is 3.07 bits per heavy atom. The molecule has 2 N–H and O–H groups in total. The highest BCUT2D eigenvalue weighted by Gasteiger charge is 1.92. The Bertz CT molecular complexity index is 405. The van der Waals surface area contributed by atoms with Crippen molar-refractivity contribution in [3.8, 4) is 11.8 Å². The van der Waals surface area contributed by atoms with Gasteiger partial charge in [0.25, 0.3) is 0 Å². The molecule has 0 fully saturated rings. The van der Waals surface area contributed by atoms with Crippen LogP contribution in [0.1, 0.15) is 18.3 Å². The second-order valence-corrected chi connectivity index (χ2v) is 2.88. The van der Waals surface area contributed by atoms with Crippen LogP contribution in [0.4, 0.5) is 0 Å². The van der Waals surface area contributed by atoms with Gasteiger partial charge in [-0.2, -0.15) is 0 Å². The van der Waals surface area contributed by atoms with E-state index in [2.05, 4.69) is 22.1 Å². The number of amides is 1. The summed E-state index contributed by atoms with van der Waals surface area (Å²) < 4.78 is 0. The van der Waals surface area contributed by atoms with Gasteiger partial charge in [-0.25, -0.2) is 4.98 Å². The molecule has 0 bridgehead atoms. The summed E-state index contributed by atoms with van der Waals surface area (Å²) in [5.41, 5.74) is 1.17. The van der Waals surface area contributed by atoms with Gasteiger partial charge >= 0.3 is 0 Å². The van der Waals surface area contributed by atoms with E-state index in [0.717, 1.165) is 0 Å². The quantitative estimate of drug-likeness (QED) is 0.670. The van der Waals surface area contributed by atoms with Crippen molar-refractivity contribution in [2.45, 2.75) is 13.5 Å². The van der Waals surface area contributed by atoms with Crippen molar-refractivity contribution in [2.24, 2.45) is 0 Å². The number of hydrogen-bond acceptors (Lipinski definition) is 3. The van der Waals surface area contributed by atoms with E-state index >= 15 is 0 Å². The summed E-state index contributed by atoms with van der Waals surface area (Å²) in [4.78, 5) is 14.6. The molecule has 0 spiro atoms. The summed E-state index contributed by atoms with van der Waals surface area (Å²) >= 11 is 0. The normalized spacial score (nSPS) is 8.93. The van der Waals surface area contributed by atoms with Crippen molar-refractivity contribution in [3.05, 3.63) is 29.6 Å². The Hall–Kier alpha value is -1.86. The van der Waals surface area contributed by atoms with Crippen LogP contribution in [0.5, 0.6) is 0 Å². The number of rotatable bonds is 2. The molecule has 0 aliphatic heterocycles. The summed E-state index contributed by atoms with van der Waals surface area (Å²) in [6.45, 7) is 1.65. The van der Waals surface area contributed by atoms with Crippen LogP contribution in [0, 0.1) is 11.8 Å². The summed E-state index contributed by atoms with van der Waals surface area (Å²) in [5, 5.41) is 11.4. The number of carbonyl (C=O) groups is 1. The second-order valence-electron chi connectivity index (χ2n) is 2.88. The average Bonchev–Trinajstić information content (AvgIpc) is 2.24. The largest absolute Gasteiger partial charge is 0.390 e. The first kappa shape index (κ1) is 11.2. The molecule has 0 saturated carbocycles. The van der Waals surface area contributed by atoms with Crippen LogP contribution >= 0.6 is 0 Å². The van der Waals surface area contributed by atoms with E-state index in [1.165, 1.54) is 6.92 Å². The maximum Gasteiger partial charge on any atom is 0.217 e. The fourth-order valence-corrected chi connectivity index (χ4v) is 0.941. The summed E-state index contributed by atoms with van der Waals surface area (Å²) in [7, 11) is 0. The number of nitrogens with zero attached hydrogens (tertiary/aromatic N) is 1. The monoisotopic (exact) mass is 204 g/mol. The molecule has 1 rings (SSSR count). The smallest absolute Gasteiger partial charge is 0.217 e. The van der Waals surface area contributed by atoms with E-state index in [1.54, 1.807) is 18.2 Å². The van der Waals surface area contributed by atoms with E-state index in [-0.39, 0.29) is 12.5 Å². The molecule has 1 aromatic heterocycles. The van der Waals surface area contributed by atoms with Gasteiger partial charge in [-0.05, 0) is 18.1 Å². The number of aliphatic hydroxyl groups excluding tert-OH is 1. The van der Waals surface area contributed by atoms with Crippen molar-refractivity contribution in [3.63, 3.8) is 0 Å². The highest BCUT2D eigenvalue weighted by molar-refractivity contribution is 5.73. The van der Waals surface area contributed by atoms with Gasteiger partial charge in [0.05, 0.1) is 18.8 Å². The maximum atomic E-state index is 10.5. The molecule has 4 nitrogen and oxygen atoms in total. The molecule has 1 heterocycles. The lowest BCUT2D eigenvalue weighted by Gasteiger charge is -1.95. The van der Waals surface area contributed by atoms with Crippen LogP contribution in [-0.4, -0.2) is 22.5 Å². The van der Waals surface area contributed by atoms with E-state index in [0.29, 0.717) is 17.9 Å². The number of aromatic nitrogens is 1. The lowest BCUT2D eigenvalue weighted by molar-refractivity contribution is -0.118. The molecule has 0 aromatic carbocycles. The van der Waals surface area contributed by atoms with Crippen molar-refractivity contribution < 1.29 is 9.90 Å². The van der Waals surface area contributed by atoms with Gasteiger partial charge in [0.2, 0.25) is 5.91 Å². The molecular weight excluding hydrogens is 192 g/mol. The SMILES string of the molecule is CC(=O)NCC#Cc1cccc(CO)n1. The zero-order chi connectivity index (χ0) is 11.1. The van der Waals surface area contributed by atoms with Gasteiger partial charge in [0, 0.05) is 6.92 Å². The first-order chi connectivity index (χ1) is 7.22. The summed E-state index contributed by atoms with van der Waals surface area (Å²) in [6, 6.07) is 5.25. The van der Waals surface area contributed by atoms with Gasteiger partial charge in [-0.1, -0.05) is 12.0 Å². The van der Waals surface area contributed by atoms with Crippen LogP contribution in [0.25, 0.3) is 0 Å². The molecular formula is C11H12N2O2. The minimum atomic E-state index is -0.110. The summed E-state index contributed by atoms with van der Waals surface area (Å²) in [5.74, 6) is 5.44. The third-order valence-corrected chi connectivity index (χ3v) is 1.61. The predicted molar refractivity (Wildman–Crippen MR) is 55.7 cm³/mol. The van der Waals surface area contributed by atoms with Gasteiger partial charge < -0.3 is 10.4 Å². The van der Waals surface area contributed by atoms with Crippen LogP contribution in [-0.2, 0) is 11.4 Å². The number of pyridine rings is 1. The molecule has 0 aliphatic rings. The number of carbonyl (C=O) groups excluding carboxylic acids is 1. The Balaban J connectivity index is 2.59. The molecule has 78 valence electrons. The Kier molecular flexibility index (Phi) is 4.32. The van der Waals surface area contributed by atoms with Gasteiger partial charge in [0.1, 0.15) is 5.69 Å². The highest BCUT2D eigenvalue weighted by atomic mass is 16.3. The van der Waals surface area contributed by atoms with E-state index in [4.69, 9.17) is 5.11 Å². The maximum absolute atomic E-state index is 10.5. The van der Waals surface area contributed by atoms with E-state index in [9.17, 15) is 4.79 Å². The van der Waals surface area contributed by atoms with Crippen molar-refractivity contribution in [1.82, 2.24) is 10.3 Å². The molecule has 4 heteroatoms. The average molecular weight is 204 g/mol. The van der Waals surface area contributed by atoms with Crippen LogP contribution in [0.2, 0.25) is 0 Å². The van der Waals surface area contributed by atoms with Crippen molar-refractivity contribution >= 4 is 5.91 Å². The fourth-order valence-electron chi connectivity index (χ4n) is 0.941. The van der Waals surface area contributed by atoms with Gasteiger partial charge in [-0.3, -0.25) is 4.79 Å². The number of nitrogens with one attached hydrogen (secondary N) is 1. The minimum absolute atomic E-state index is 0.0960. The molecule has 0 saturated heterocycles. The van der Waals surface area contributed by atoms with Crippen LogP contribution in [0.3, 0.4) is 0 Å². The minimum Gasteiger partial charge on any atom is -0.390 e. The molecule has 0 unspecified atom stereocenters. The standard InChI is InChI=1S/C11H12N2O2/c1-9(15)12-7-3-6-10-4-2-5-11(8-14)13-10/h2,4-5,14H,7-8H2,1H3,(H,12,15). The molecule has 1 aromatic rings. The Labute approximate surface area is 88.3 Å². The summed E-state index contributed by atoms with van der Waals surface area (Å²) in [6.07, 6.45) is 0. The van der Waals surface area contributed by atoms with Crippen molar-refractivity contribution in [2.75, 3.05) is 6.54 Å². The molecule has 0 aliphatic carbocycles. The van der Waals surface area contributed by atoms with E-state index in [1.807, 2.05) is 0 Å². The topological polar surface area (TPSA) is 62.2 Å². The van der Waals surface area contributed by atoms with Gasteiger partial charge in [-0.15, -0.1) is 0 Å². The number of hydrogen-bond donors (Lipinski definition) is 2. The van der Waals surface area contributed by atoms with E-state index < -0.39 is 0 Å². The fraction of sp³-hybridized carbons (Fsp3) is 0.273. The highest BCUT2D eigenvalue weighted by Crippen LogP contribution is 1.97. The molecule has 0 atom stereocenters. The Morgan fingerprint density at radius 1 is 1.60 bits per heavy atom. The molecule has 0 radical (unpaired) electrons. The van der Waals surface area contributed by atoms with Crippen LogP contribution < -0.4 is 5.32 Å². The third-order valence-electron chi connectivity index (χ3n) is 1.61. The molecule has 15 heavy (non-hydrogen) atoms. The lowest BCUT2D eigenvalue weighted by Crippen LogP contribution is -2.19. The second kappa shape index (κ2) is 5.78. The first-order valence-electron chi connectivity index (χ1n) is 4.52. The Morgan fingerprint density at radius 2 is 2.40 bits per heavy atom. The first-order valence-corrected chi connectivity index (χ1v) is 4.52. The van der Waals surface area contributed by atoms with Crippen molar-refractivity contribution in [1.29, 1.82) is 0 Å². The zero-order valence-corrected chi connectivity index (χ0v) is 8.45. The molecule has 1 amide bonds. The van der Waals surface area contributed by atoms with Gasteiger partial charge in [0.15, 0.2) is 0 Å².